The molecule has 3 N–H and O–H groups in total. The Morgan fingerprint density at radius 3 is 1.75 bits per heavy atom. The van der Waals surface area contributed by atoms with Crippen molar-refractivity contribution in [3.63, 3.8) is 0 Å². The van der Waals surface area contributed by atoms with Gasteiger partial charge in [-0.05, 0) is 25.7 Å². The Bertz CT molecular complexity index is 200. The highest BCUT2D eigenvalue weighted by Crippen LogP contribution is 2.40. The molecule has 66 valence electrons. The Kier molecular flexibility index (Phi) is 1.63. The van der Waals surface area contributed by atoms with E-state index in [2.05, 4.69) is 12.2 Å². The van der Waals surface area contributed by atoms with Gasteiger partial charge in [-0.2, -0.15) is 0 Å². The van der Waals surface area contributed by atoms with Crippen molar-refractivity contribution in [1.82, 2.24) is 0 Å². The van der Waals surface area contributed by atoms with E-state index in [4.69, 9.17) is 5.73 Å². The van der Waals surface area contributed by atoms with Crippen LogP contribution in [-0.2, 0) is 0 Å². The van der Waals surface area contributed by atoms with Gasteiger partial charge in [-0.1, -0.05) is 24.3 Å². The van der Waals surface area contributed by atoms with Crippen molar-refractivity contribution in [2.75, 3.05) is 0 Å². The van der Waals surface area contributed by atoms with Gasteiger partial charge in [0.2, 0.25) is 0 Å². The molecule has 2 aliphatic carbocycles. The van der Waals surface area contributed by atoms with Crippen molar-refractivity contribution < 1.29 is 5.11 Å². The van der Waals surface area contributed by atoms with Gasteiger partial charge in [0.25, 0.3) is 0 Å². The fourth-order valence-corrected chi connectivity index (χ4v) is 2.10. The molecular weight excluding hydrogens is 150 g/mol. The largest absolute Gasteiger partial charge is 0.387 e. The minimum Gasteiger partial charge on any atom is -0.387 e. The van der Waals surface area contributed by atoms with Crippen molar-refractivity contribution >= 4 is 0 Å². The summed E-state index contributed by atoms with van der Waals surface area (Å²) in [6.07, 6.45) is 11.2. The zero-order valence-corrected chi connectivity index (χ0v) is 7.16. The highest BCUT2D eigenvalue weighted by molar-refractivity contribution is 5.21. The summed E-state index contributed by atoms with van der Waals surface area (Å²) in [5.74, 6) is 0. The molecule has 0 fully saturated rings. The van der Waals surface area contributed by atoms with E-state index in [-0.39, 0.29) is 0 Å². The predicted molar refractivity (Wildman–Crippen MR) is 48.6 cm³/mol. The molecule has 2 rings (SSSR count). The van der Waals surface area contributed by atoms with Crippen LogP contribution in [-0.4, -0.2) is 16.2 Å². The maximum atomic E-state index is 10.2. The third-order valence-electron chi connectivity index (χ3n) is 3.14. The van der Waals surface area contributed by atoms with Gasteiger partial charge in [0.15, 0.2) is 0 Å². The average molecular weight is 165 g/mol. The van der Waals surface area contributed by atoms with Gasteiger partial charge in [-0.15, -0.1) is 0 Å². The molecule has 0 aliphatic heterocycles. The molecule has 0 bridgehead atoms. The van der Waals surface area contributed by atoms with Crippen LogP contribution in [0, 0.1) is 0 Å². The average Bonchev–Trinajstić information content (AvgIpc) is 2.05. The van der Waals surface area contributed by atoms with Crippen LogP contribution < -0.4 is 5.73 Å². The van der Waals surface area contributed by atoms with Crippen molar-refractivity contribution in [1.29, 1.82) is 0 Å². The Labute approximate surface area is 72.8 Å². The molecule has 0 heterocycles. The second-order valence-electron chi connectivity index (χ2n) is 3.95. The summed E-state index contributed by atoms with van der Waals surface area (Å²) in [7, 11) is 0. The van der Waals surface area contributed by atoms with Crippen LogP contribution in [0.3, 0.4) is 0 Å². The Hall–Kier alpha value is -0.600. The first-order chi connectivity index (χ1) is 5.66. The van der Waals surface area contributed by atoms with Crippen LogP contribution in [0.15, 0.2) is 24.3 Å². The summed E-state index contributed by atoms with van der Waals surface area (Å²) in [4.78, 5) is 0. The molecular formula is C10H15NO. The monoisotopic (exact) mass is 165 g/mol. The third kappa shape index (κ3) is 0.952. The summed E-state index contributed by atoms with van der Waals surface area (Å²) in [6.45, 7) is 0. The fourth-order valence-electron chi connectivity index (χ4n) is 2.10. The molecule has 0 atom stereocenters. The van der Waals surface area contributed by atoms with Crippen LogP contribution in [0.2, 0.25) is 0 Å². The molecule has 0 amide bonds. The number of fused-ring (bicyclic) bond motifs is 1. The summed E-state index contributed by atoms with van der Waals surface area (Å²) in [5, 5.41) is 10.2. The first-order valence-electron chi connectivity index (χ1n) is 4.48. The Morgan fingerprint density at radius 2 is 1.33 bits per heavy atom. The van der Waals surface area contributed by atoms with E-state index in [1.807, 2.05) is 12.2 Å². The van der Waals surface area contributed by atoms with E-state index >= 15 is 0 Å². The lowest BCUT2D eigenvalue weighted by atomic mass is 9.67. The summed E-state index contributed by atoms with van der Waals surface area (Å²) in [5.41, 5.74) is 5.06. The molecule has 0 unspecified atom stereocenters. The number of hydrogen-bond donors (Lipinski definition) is 2. The Morgan fingerprint density at radius 1 is 0.917 bits per heavy atom. The van der Waals surface area contributed by atoms with Gasteiger partial charge in [0, 0.05) is 0 Å². The van der Waals surface area contributed by atoms with E-state index in [1.165, 1.54) is 0 Å². The van der Waals surface area contributed by atoms with Gasteiger partial charge in [-0.3, -0.25) is 0 Å². The van der Waals surface area contributed by atoms with E-state index < -0.39 is 11.1 Å². The first kappa shape index (κ1) is 8.02. The number of rotatable bonds is 0. The molecule has 0 saturated carbocycles. The second-order valence-corrected chi connectivity index (χ2v) is 3.95. The standard InChI is InChI=1S/C10H15NO/c11-9-5-1-3-7-10(9,12)8-4-2-6-9/h1-4,12H,5-8,11H2. The molecule has 2 aliphatic rings. The number of hydrogen-bond acceptors (Lipinski definition) is 2. The van der Waals surface area contributed by atoms with Gasteiger partial charge >= 0.3 is 0 Å². The van der Waals surface area contributed by atoms with E-state index in [1.54, 1.807) is 0 Å². The number of nitrogens with two attached hydrogens (primary N) is 1. The van der Waals surface area contributed by atoms with E-state index in [9.17, 15) is 5.11 Å². The third-order valence-corrected chi connectivity index (χ3v) is 3.14. The maximum absolute atomic E-state index is 10.2. The number of aliphatic hydroxyl groups is 1. The highest BCUT2D eigenvalue weighted by Gasteiger charge is 2.47. The molecule has 0 aromatic carbocycles. The summed E-state index contributed by atoms with van der Waals surface area (Å²) >= 11 is 0. The Balaban J connectivity index is 2.35. The van der Waals surface area contributed by atoms with E-state index in [0.29, 0.717) is 12.8 Å². The molecule has 0 aromatic heterocycles. The molecule has 0 radical (unpaired) electrons. The lowest BCUT2D eigenvalue weighted by Crippen LogP contribution is -2.61. The second kappa shape index (κ2) is 2.44. The van der Waals surface area contributed by atoms with Gasteiger partial charge in [-0.25, -0.2) is 0 Å². The minimum atomic E-state index is -0.684. The topological polar surface area (TPSA) is 46.2 Å². The molecule has 0 saturated heterocycles. The highest BCUT2D eigenvalue weighted by atomic mass is 16.3. The van der Waals surface area contributed by atoms with Crippen molar-refractivity contribution in [3.05, 3.63) is 24.3 Å². The van der Waals surface area contributed by atoms with Crippen molar-refractivity contribution in [3.8, 4) is 0 Å². The smallest absolute Gasteiger partial charge is 0.0900 e. The van der Waals surface area contributed by atoms with Crippen LogP contribution in [0.4, 0.5) is 0 Å². The molecule has 12 heavy (non-hydrogen) atoms. The van der Waals surface area contributed by atoms with Crippen molar-refractivity contribution in [2.45, 2.75) is 36.8 Å². The molecule has 2 nitrogen and oxygen atoms in total. The lowest BCUT2D eigenvalue weighted by molar-refractivity contribution is -0.0387. The summed E-state index contributed by atoms with van der Waals surface area (Å²) < 4.78 is 0. The van der Waals surface area contributed by atoms with Crippen LogP contribution in [0.1, 0.15) is 25.7 Å². The maximum Gasteiger partial charge on any atom is 0.0900 e. The normalized spacial score (nSPS) is 45.8. The van der Waals surface area contributed by atoms with Gasteiger partial charge in [0.05, 0.1) is 11.1 Å². The van der Waals surface area contributed by atoms with Crippen LogP contribution in [0.25, 0.3) is 0 Å². The van der Waals surface area contributed by atoms with Crippen molar-refractivity contribution in [2.24, 2.45) is 5.73 Å². The SMILES string of the molecule is NC12CC=CCC1(O)CC=CC2. The zero-order valence-electron chi connectivity index (χ0n) is 7.16. The minimum absolute atomic E-state index is 0.406. The lowest BCUT2D eigenvalue weighted by Gasteiger charge is -2.47. The van der Waals surface area contributed by atoms with Crippen LogP contribution in [0.5, 0.6) is 0 Å². The fraction of sp³-hybridized carbons (Fsp3) is 0.600. The predicted octanol–water partition coefficient (Wildman–Crippen LogP) is 1.12. The first-order valence-corrected chi connectivity index (χ1v) is 4.48. The molecule has 2 heteroatoms. The quantitative estimate of drug-likeness (QED) is 0.528. The van der Waals surface area contributed by atoms with E-state index in [0.717, 1.165) is 12.8 Å². The zero-order chi connectivity index (χ0) is 8.66. The van der Waals surface area contributed by atoms with Gasteiger partial charge < -0.3 is 10.8 Å². The summed E-state index contributed by atoms with van der Waals surface area (Å²) in [6, 6.07) is 0. The molecule has 0 spiro atoms. The van der Waals surface area contributed by atoms with Crippen LogP contribution >= 0.6 is 0 Å². The van der Waals surface area contributed by atoms with Gasteiger partial charge in [0.1, 0.15) is 0 Å². The molecule has 0 aromatic rings.